The van der Waals surface area contributed by atoms with Gasteiger partial charge in [0.25, 0.3) is 0 Å². The largest absolute Gasteiger partial charge is 0.303 e. The van der Waals surface area contributed by atoms with Crippen LogP contribution >= 0.6 is 0 Å². The van der Waals surface area contributed by atoms with Crippen LogP contribution in [0.15, 0.2) is 12.1 Å². The summed E-state index contributed by atoms with van der Waals surface area (Å²) in [5, 5.41) is 9.38. The van der Waals surface area contributed by atoms with E-state index in [-0.39, 0.29) is 5.41 Å². The minimum Gasteiger partial charge on any atom is -0.303 e. The number of nitriles is 1. The molecule has 0 bridgehead atoms. The molecular weight excluding hydrogens is 234 g/mol. The summed E-state index contributed by atoms with van der Waals surface area (Å²) in [5.74, 6) is 0.470. The third kappa shape index (κ3) is 3.92. The molecule has 2 nitrogen and oxygen atoms in total. The molecule has 1 aromatic rings. The molecule has 0 aliphatic carbocycles. The Morgan fingerprint density at radius 3 is 2.37 bits per heavy atom. The Kier molecular flexibility index (Phi) is 4.89. The van der Waals surface area contributed by atoms with Crippen molar-refractivity contribution in [3.05, 3.63) is 34.4 Å². The van der Waals surface area contributed by atoms with Crippen molar-refractivity contribution in [3.63, 3.8) is 0 Å². The van der Waals surface area contributed by atoms with Gasteiger partial charge in [-0.05, 0) is 40.5 Å². The Bertz CT molecular complexity index is 501. The third-order valence-corrected chi connectivity index (χ3v) is 3.24. The lowest BCUT2D eigenvalue weighted by molar-refractivity contribution is -0.107. The molecule has 0 fully saturated rings. The highest BCUT2D eigenvalue weighted by Gasteiger charge is 2.19. The Labute approximate surface area is 116 Å². The molecule has 0 amide bonds. The summed E-state index contributed by atoms with van der Waals surface area (Å²) >= 11 is 0. The minimum absolute atomic E-state index is 0.0143. The summed E-state index contributed by atoms with van der Waals surface area (Å²) in [6, 6.07) is 6.36. The number of benzene rings is 1. The molecule has 0 N–H and O–H groups in total. The zero-order valence-corrected chi connectivity index (χ0v) is 12.6. The Morgan fingerprint density at radius 2 is 1.95 bits per heavy atom. The zero-order chi connectivity index (χ0) is 14.6. The fraction of sp³-hybridized carbons (Fsp3) is 0.529. The van der Waals surface area contributed by atoms with Gasteiger partial charge in [0.2, 0.25) is 0 Å². The summed E-state index contributed by atoms with van der Waals surface area (Å²) < 4.78 is 0. The molecule has 1 rings (SSSR count). The molecule has 102 valence electrons. The van der Waals surface area contributed by atoms with E-state index in [2.05, 4.69) is 46.8 Å². The molecule has 19 heavy (non-hydrogen) atoms. The monoisotopic (exact) mass is 257 g/mol. The molecule has 2 heteroatoms. The standard InChI is InChI=1S/C17H23NO/c1-12(2)8-16-13(6-7-19)9-15(17(3,4)5)10-14(16)11-18/h7,9-10,12H,6,8H2,1-5H3. The van der Waals surface area contributed by atoms with Crippen LogP contribution in [0.3, 0.4) is 0 Å². The van der Waals surface area contributed by atoms with Crippen molar-refractivity contribution in [2.45, 2.75) is 52.9 Å². The van der Waals surface area contributed by atoms with E-state index >= 15 is 0 Å². The van der Waals surface area contributed by atoms with E-state index in [1.807, 2.05) is 6.07 Å². The second-order valence-electron chi connectivity index (χ2n) is 6.49. The molecule has 0 saturated carbocycles. The average Bonchev–Trinajstić information content (AvgIpc) is 2.29. The van der Waals surface area contributed by atoms with Crippen molar-refractivity contribution in [2.75, 3.05) is 0 Å². The van der Waals surface area contributed by atoms with Gasteiger partial charge < -0.3 is 4.79 Å². The molecular formula is C17H23NO. The highest BCUT2D eigenvalue weighted by Crippen LogP contribution is 2.28. The topological polar surface area (TPSA) is 40.9 Å². The minimum atomic E-state index is -0.0143. The molecule has 0 aliphatic rings. The first-order chi connectivity index (χ1) is 8.79. The van der Waals surface area contributed by atoms with Crippen LogP contribution in [-0.4, -0.2) is 6.29 Å². The molecule has 0 heterocycles. The first kappa shape index (κ1) is 15.4. The first-order valence-corrected chi connectivity index (χ1v) is 6.79. The van der Waals surface area contributed by atoms with Crippen LogP contribution in [0.4, 0.5) is 0 Å². The van der Waals surface area contributed by atoms with Gasteiger partial charge in [-0.25, -0.2) is 0 Å². The van der Waals surface area contributed by atoms with E-state index in [4.69, 9.17) is 0 Å². The smallest absolute Gasteiger partial charge is 0.124 e. The van der Waals surface area contributed by atoms with E-state index in [0.717, 1.165) is 35.0 Å². The Balaban J connectivity index is 3.45. The lowest BCUT2D eigenvalue weighted by Gasteiger charge is -2.22. The summed E-state index contributed by atoms with van der Waals surface area (Å²) in [4.78, 5) is 10.9. The highest BCUT2D eigenvalue weighted by atomic mass is 16.1. The molecule has 0 unspecified atom stereocenters. The number of carbonyl (C=O) groups excluding carboxylic acids is 1. The van der Waals surface area contributed by atoms with Crippen LogP contribution in [0.5, 0.6) is 0 Å². The van der Waals surface area contributed by atoms with Crippen LogP contribution in [0, 0.1) is 17.2 Å². The van der Waals surface area contributed by atoms with Crippen molar-refractivity contribution in [2.24, 2.45) is 5.92 Å². The van der Waals surface area contributed by atoms with Gasteiger partial charge >= 0.3 is 0 Å². The van der Waals surface area contributed by atoms with E-state index < -0.39 is 0 Å². The van der Waals surface area contributed by atoms with Crippen molar-refractivity contribution in [1.29, 1.82) is 5.26 Å². The lowest BCUT2D eigenvalue weighted by Crippen LogP contribution is -2.14. The van der Waals surface area contributed by atoms with Crippen molar-refractivity contribution < 1.29 is 4.79 Å². The van der Waals surface area contributed by atoms with Crippen molar-refractivity contribution in [3.8, 4) is 6.07 Å². The van der Waals surface area contributed by atoms with Crippen LogP contribution < -0.4 is 0 Å². The van der Waals surface area contributed by atoms with Crippen LogP contribution in [0.25, 0.3) is 0 Å². The number of nitrogens with zero attached hydrogens (tertiary/aromatic N) is 1. The second kappa shape index (κ2) is 6.02. The van der Waals surface area contributed by atoms with E-state index in [9.17, 15) is 10.1 Å². The van der Waals surface area contributed by atoms with Crippen LogP contribution in [0.2, 0.25) is 0 Å². The Hall–Kier alpha value is -1.62. The SMILES string of the molecule is CC(C)Cc1c(C#N)cc(C(C)(C)C)cc1CC=O. The molecule has 0 aromatic heterocycles. The average molecular weight is 257 g/mol. The van der Waals surface area contributed by atoms with Crippen LogP contribution in [0.1, 0.15) is 56.9 Å². The molecule has 0 radical (unpaired) electrons. The summed E-state index contributed by atoms with van der Waals surface area (Å²) in [6.45, 7) is 10.6. The second-order valence-corrected chi connectivity index (χ2v) is 6.49. The van der Waals surface area contributed by atoms with Gasteiger partial charge in [-0.1, -0.05) is 40.7 Å². The van der Waals surface area contributed by atoms with E-state index in [1.165, 1.54) is 0 Å². The number of hydrogen-bond acceptors (Lipinski definition) is 2. The van der Waals surface area contributed by atoms with Crippen molar-refractivity contribution in [1.82, 2.24) is 0 Å². The molecule has 0 spiro atoms. The quantitative estimate of drug-likeness (QED) is 0.770. The summed E-state index contributed by atoms with van der Waals surface area (Å²) in [5.41, 5.74) is 3.87. The number of rotatable bonds is 4. The van der Waals surface area contributed by atoms with Crippen LogP contribution in [-0.2, 0) is 23.1 Å². The maximum absolute atomic E-state index is 10.9. The summed E-state index contributed by atoms with van der Waals surface area (Å²) in [7, 11) is 0. The highest BCUT2D eigenvalue weighted by molar-refractivity contribution is 5.59. The van der Waals surface area contributed by atoms with E-state index in [1.54, 1.807) is 0 Å². The molecule has 1 aromatic carbocycles. The predicted octanol–water partition coefficient (Wildman–Crippen LogP) is 3.80. The van der Waals surface area contributed by atoms with Gasteiger partial charge in [0, 0.05) is 6.42 Å². The molecule has 0 saturated heterocycles. The van der Waals surface area contributed by atoms with Crippen molar-refractivity contribution >= 4 is 6.29 Å². The normalized spacial score (nSPS) is 11.4. The predicted molar refractivity (Wildman–Crippen MR) is 78.2 cm³/mol. The maximum Gasteiger partial charge on any atom is 0.124 e. The summed E-state index contributed by atoms with van der Waals surface area (Å²) in [6.07, 6.45) is 2.16. The van der Waals surface area contributed by atoms with Gasteiger partial charge in [0.15, 0.2) is 0 Å². The van der Waals surface area contributed by atoms with Gasteiger partial charge in [0.05, 0.1) is 11.6 Å². The maximum atomic E-state index is 10.9. The third-order valence-electron chi connectivity index (χ3n) is 3.24. The molecule has 0 atom stereocenters. The number of aldehydes is 1. The fourth-order valence-corrected chi connectivity index (χ4v) is 2.19. The first-order valence-electron chi connectivity index (χ1n) is 6.79. The van der Waals surface area contributed by atoms with E-state index in [0.29, 0.717) is 12.3 Å². The van der Waals surface area contributed by atoms with Gasteiger partial charge in [-0.3, -0.25) is 0 Å². The van der Waals surface area contributed by atoms with Gasteiger partial charge in [-0.2, -0.15) is 5.26 Å². The van der Waals surface area contributed by atoms with Gasteiger partial charge in [0.1, 0.15) is 6.29 Å². The number of carbonyl (C=O) groups is 1. The number of hydrogen-bond donors (Lipinski definition) is 0. The zero-order valence-electron chi connectivity index (χ0n) is 12.6. The lowest BCUT2D eigenvalue weighted by atomic mass is 9.82. The molecule has 0 aliphatic heterocycles. The fourth-order valence-electron chi connectivity index (χ4n) is 2.19. The van der Waals surface area contributed by atoms with Gasteiger partial charge in [-0.15, -0.1) is 0 Å². The Morgan fingerprint density at radius 1 is 1.32 bits per heavy atom.